The summed E-state index contributed by atoms with van der Waals surface area (Å²) in [6.07, 6.45) is 4.30. The number of benzene rings is 1. The number of aromatic amines is 1. The maximum absolute atomic E-state index is 12.5. The number of likely N-dealkylation sites (N-methyl/N-ethyl adjacent to an activating group) is 1. The maximum atomic E-state index is 12.5. The molecule has 1 aromatic carbocycles. The molecule has 6 nitrogen and oxygen atoms in total. The van der Waals surface area contributed by atoms with Crippen LogP contribution in [0.2, 0.25) is 0 Å². The van der Waals surface area contributed by atoms with E-state index in [0.29, 0.717) is 29.1 Å². The number of hydrogen-bond donors (Lipinski definition) is 4. The van der Waals surface area contributed by atoms with Crippen molar-refractivity contribution in [1.29, 1.82) is 0 Å². The second-order valence-corrected chi connectivity index (χ2v) is 6.24. The number of rotatable bonds is 7. The van der Waals surface area contributed by atoms with Crippen molar-refractivity contribution in [3.05, 3.63) is 23.5 Å². The molecule has 0 saturated heterocycles. The van der Waals surface area contributed by atoms with E-state index < -0.39 is 0 Å². The first kappa shape index (κ1) is 15.8. The van der Waals surface area contributed by atoms with Gasteiger partial charge in [-0.25, -0.2) is 4.98 Å². The van der Waals surface area contributed by atoms with Crippen LogP contribution in [0.25, 0.3) is 11.0 Å². The van der Waals surface area contributed by atoms with Gasteiger partial charge in [-0.05, 0) is 38.4 Å². The Morgan fingerprint density at radius 2 is 2.26 bits per heavy atom. The molecule has 6 heteroatoms. The number of H-pyrrole nitrogens is 1. The number of hydrogen-bond acceptors (Lipinski definition) is 4. The van der Waals surface area contributed by atoms with Gasteiger partial charge < -0.3 is 20.7 Å². The molecule has 1 saturated carbocycles. The molecule has 1 fully saturated rings. The Kier molecular flexibility index (Phi) is 4.52. The molecule has 0 spiro atoms. The fraction of sp³-hybridized carbons (Fsp3) is 0.529. The van der Waals surface area contributed by atoms with Crippen molar-refractivity contribution >= 4 is 16.9 Å². The number of imidazole rings is 1. The molecule has 2 aromatic rings. The Hall–Kier alpha value is -2.08. The van der Waals surface area contributed by atoms with Crippen LogP contribution in [0.15, 0.2) is 12.1 Å². The number of carbonyl (C=O) groups is 1. The van der Waals surface area contributed by atoms with E-state index in [1.807, 2.05) is 7.05 Å². The van der Waals surface area contributed by atoms with Crippen LogP contribution in [0.4, 0.5) is 0 Å². The largest absolute Gasteiger partial charge is 0.506 e. The number of phenols is 1. The van der Waals surface area contributed by atoms with E-state index in [1.54, 1.807) is 12.1 Å². The monoisotopic (exact) mass is 316 g/mol. The van der Waals surface area contributed by atoms with Crippen molar-refractivity contribution in [2.45, 2.75) is 44.6 Å². The lowest BCUT2D eigenvalue weighted by Gasteiger charge is -2.16. The summed E-state index contributed by atoms with van der Waals surface area (Å²) in [6.45, 7) is 2.70. The Bertz CT molecular complexity index is 706. The Morgan fingerprint density at radius 3 is 2.91 bits per heavy atom. The summed E-state index contributed by atoms with van der Waals surface area (Å²) in [5.74, 6) is 1.29. The Labute approximate surface area is 135 Å². The molecular weight excluding hydrogens is 292 g/mol. The molecule has 124 valence electrons. The second kappa shape index (κ2) is 6.58. The van der Waals surface area contributed by atoms with Crippen molar-refractivity contribution in [3.8, 4) is 5.75 Å². The topological polar surface area (TPSA) is 90.0 Å². The number of fused-ring (bicyclic) bond motifs is 1. The number of nitrogens with one attached hydrogen (secondary N) is 3. The average molecular weight is 316 g/mol. The summed E-state index contributed by atoms with van der Waals surface area (Å²) < 4.78 is 0. The maximum Gasteiger partial charge on any atom is 0.253 e. The molecule has 1 unspecified atom stereocenters. The summed E-state index contributed by atoms with van der Waals surface area (Å²) in [6, 6.07) is 3.45. The highest BCUT2D eigenvalue weighted by molar-refractivity contribution is 6.06. The number of aromatic hydroxyl groups is 1. The lowest BCUT2D eigenvalue weighted by molar-refractivity contribution is 0.0951. The fourth-order valence-electron chi connectivity index (χ4n) is 2.84. The third-order valence-electron chi connectivity index (χ3n) is 4.40. The zero-order valence-corrected chi connectivity index (χ0v) is 13.6. The molecule has 1 aromatic heterocycles. The van der Waals surface area contributed by atoms with Crippen molar-refractivity contribution < 1.29 is 9.90 Å². The van der Waals surface area contributed by atoms with Gasteiger partial charge in [0.25, 0.3) is 5.91 Å². The first-order valence-corrected chi connectivity index (χ1v) is 8.31. The molecule has 0 bridgehead atoms. The Balaban J connectivity index is 1.81. The molecule has 0 radical (unpaired) electrons. The number of nitrogens with zero attached hydrogens (tertiary/aromatic N) is 1. The summed E-state index contributed by atoms with van der Waals surface area (Å²) in [4.78, 5) is 20.2. The molecule has 4 N–H and O–H groups in total. The first-order chi connectivity index (χ1) is 11.1. The van der Waals surface area contributed by atoms with E-state index in [-0.39, 0.29) is 17.7 Å². The third-order valence-corrected chi connectivity index (χ3v) is 4.40. The normalized spacial score (nSPS) is 15.7. The second-order valence-electron chi connectivity index (χ2n) is 6.24. The highest BCUT2D eigenvalue weighted by Gasteiger charge is 2.28. The van der Waals surface area contributed by atoms with Crippen LogP contribution in [0.3, 0.4) is 0 Å². The summed E-state index contributed by atoms with van der Waals surface area (Å²) >= 11 is 0. The van der Waals surface area contributed by atoms with Gasteiger partial charge in [-0.2, -0.15) is 0 Å². The third kappa shape index (κ3) is 3.32. The van der Waals surface area contributed by atoms with Gasteiger partial charge in [0.2, 0.25) is 0 Å². The van der Waals surface area contributed by atoms with Gasteiger partial charge in [0.15, 0.2) is 0 Å². The quantitative estimate of drug-likeness (QED) is 0.631. The highest BCUT2D eigenvalue weighted by atomic mass is 16.3. The van der Waals surface area contributed by atoms with Crippen LogP contribution in [0.5, 0.6) is 5.75 Å². The predicted molar refractivity (Wildman–Crippen MR) is 89.8 cm³/mol. The number of phenolic OH excluding ortho intramolecular Hbond substituents is 1. The van der Waals surface area contributed by atoms with Gasteiger partial charge in [-0.1, -0.05) is 13.3 Å². The molecule has 1 aliphatic carbocycles. The Morgan fingerprint density at radius 1 is 1.48 bits per heavy atom. The van der Waals surface area contributed by atoms with E-state index in [2.05, 4.69) is 27.5 Å². The van der Waals surface area contributed by atoms with Gasteiger partial charge in [0, 0.05) is 18.5 Å². The van der Waals surface area contributed by atoms with Crippen LogP contribution in [0, 0.1) is 0 Å². The van der Waals surface area contributed by atoms with Crippen LogP contribution in [0.1, 0.15) is 54.7 Å². The summed E-state index contributed by atoms with van der Waals surface area (Å²) in [5, 5.41) is 16.2. The van der Waals surface area contributed by atoms with Gasteiger partial charge in [-0.3, -0.25) is 4.79 Å². The van der Waals surface area contributed by atoms with Gasteiger partial charge >= 0.3 is 0 Å². The van der Waals surface area contributed by atoms with E-state index in [9.17, 15) is 9.90 Å². The van der Waals surface area contributed by atoms with Gasteiger partial charge in [0.05, 0.1) is 5.56 Å². The zero-order chi connectivity index (χ0) is 16.4. The lowest BCUT2D eigenvalue weighted by Crippen LogP contribution is -2.39. The van der Waals surface area contributed by atoms with E-state index >= 15 is 0 Å². The summed E-state index contributed by atoms with van der Waals surface area (Å²) in [7, 11) is 1.90. The SMILES string of the molecule is CCCC(CNC(=O)c1ccc(O)c2[nH]c(C3CC3)nc12)NC. The minimum Gasteiger partial charge on any atom is -0.506 e. The van der Waals surface area contributed by atoms with Gasteiger partial charge in [0.1, 0.15) is 22.6 Å². The minimum absolute atomic E-state index is 0.134. The van der Waals surface area contributed by atoms with Crippen molar-refractivity contribution in [3.63, 3.8) is 0 Å². The minimum atomic E-state index is -0.153. The molecule has 3 rings (SSSR count). The average Bonchev–Trinajstić information content (AvgIpc) is 3.30. The molecule has 23 heavy (non-hydrogen) atoms. The van der Waals surface area contributed by atoms with Gasteiger partial charge in [-0.15, -0.1) is 0 Å². The molecule has 1 heterocycles. The van der Waals surface area contributed by atoms with E-state index in [4.69, 9.17) is 0 Å². The lowest BCUT2D eigenvalue weighted by atomic mass is 10.1. The van der Waals surface area contributed by atoms with E-state index in [1.165, 1.54) is 0 Å². The van der Waals surface area contributed by atoms with Crippen molar-refractivity contribution in [1.82, 2.24) is 20.6 Å². The highest BCUT2D eigenvalue weighted by Crippen LogP contribution is 2.40. The van der Waals surface area contributed by atoms with Crippen molar-refractivity contribution in [2.75, 3.05) is 13.6 Å². The molecular formula is C17H24N4O2. The van der Waals surface area contributed by atoms with Crippen LogP contribution < -0.4 is 10.6 Å². The zero-order valence-electron chi connectivity index (χ0n) is 13.6. The molecule has 0 aliphatic heterocycles. The first-order valence-electron chi connectivity index (χ1n) is 8.31. The number of amides is 1. The molecule has 1 atom stereocenters. The predicted octanol–water partition coefficient (Wildman–Crippen LogP) is 2.26. The van der Waals surface area contributed by atoms with E-state index in [0.717, 1.165) is 31.5 Å². The van der Waals surface area contributed by atoms with Crippen molar-refractivity contribution in [2.24, 2.45) is 0 Å². The number of carbonyl (C=O) groups excluding carboxylic acids is 1. The number of aromatic nitrogens is 2. The van der Waals surface area contributed by atoms with Crippen LogP contribution in [-0.2, 0) is 0 Å². The van der Waals surface area contributed by atoms with Crippen LogP contribution >= 0.6 is 0 Å². The summed E-state index contributed by atoms with van der Waals surface area (Å²) in [5.41, 5.74) is 1.62. The fourth-order valence-corrected chi connectivity index (χ4v) is 2.84. The van der Waals surface area contributed by atoms with Crippen LogP contribution in [-0.4, -0.2) is 40.6 Å². The molecule has 1 aliphatic rings. The molecule has 1 amide bonds. The smallest absolute Gasteiger partial charge is 0.253 e. The standard InChI is InChI=1S/C17H24N4O2/c1-3-4-11(18-2)9-19-17(23)12-7-8-13(22)15-14(12)20-16(21-15)10-5-6-10/h7-8,10-11,18,22H,3-6,9H2,1-2H3,(H,19,23)(H,20,21).